The van der Waals surface area contributed by atoms with Crippen LogP contribution in [0.2, 0.25) is 0 Å². The molecule has 2 aliphatic rings. The number of amides is 1. The predicted octanol–water partition coefficient (Wildman–Crippen LogP) is -0.0130. The van der Waals surface area contributed by atoms with Gasteiger partial charge in [0.1, 0.15) is 0 Å². The minimum Gasteiger partial charge on any atom is -0.343 e. The minimum atomic E-state index is -0.408. The van der Waals surface area contributed by atoms with E-state index in [2.05, 4.69) is 10.3 Å². The minimum absolute atomic E-state index is 0. The highest BCUT2D eigenvalue weighted by atomic mass is 35.5. The zero-order valence-corrected chi connectivity index (χ0v) is 17.2. The van der Waals surface area contributed by atoms with E-state index in [9.17, 15) is 14.4 Å². The number of halogens is 1. The van der Waals surface area contributed by atoms with Crippen LogP contribution in [0.3, 0.4) is 0 Å². The number of nitrogens with zero attached hydrogens (tertiary/aromatic N) is 5. The fraction of sp³-hybridized carbons (Fsp3) is 0.667. The predicted molar refractivity (Wildman–Crippen MR) is 108 cm³/mol. The third-order valence-corrected chi connectivity index (χ3v) is 6.17. The molecule has 0 aromatic carbocycles. The van der Waals surface area contributed by atoms with Gasteiger partial charge in [-0.3, -0.25) is 18.7 Å². The van der Waals surface area contributed by atoms with Crippen molar-refractivity contribution in [2.24, 2.45) is 14.1 Å². The first kappa shape index (κ1) is 20.6. The van der Waals surface area contributed by atoms with Crippen molar-refractivity contribution in [2.45, 2.75) is 56.8 Å². The molecule has 2 bridgehead atoms. The van der Waals surface area contributed by atoms with E-state index in [0.29, 0.717) is 36.2 Å². The van der Waals surface area contributed by atoms with Crippen molar-refractivity contribution in [3.05, 3.63) is 27.2 Å². The maximum absolute atomic E-state index is 12.7. The van der Waals surface area contributed by atoms with Crippen LogP contribution in [0, 0.1) is 0 Å². The van der Waals surface area contributed by atoms with Gasteiger partial charge in [-0.1, -0.05) is 0 Å². The van der Waals surface area contributed by atoms with Crippen molar-refractivity contribution in [1.29, 1.82) is 0 Å². The maximum Gasteiger partial charge on any atom is 0.332 e. The van der Waals surface area contributed by atoms with Gasteiger partial charge in [0.2, 0.25) is 5.91 Å². The Morgan fingerprint density at radius 3 is 2.50 bits per heavy atom. The Balaban J connectivity index is 0.00000225. The molecule has 0 radical (unpaired) electrons. The van der Waals surface area contributed by atoms with Crippen LogP contribution in [-0.4, -0.2) is 54.7 Å². The summed E-state index contributed by atoms with van der Waals surface area (Å²) in [5, 5.41) is 3.59. The SMILES string of the molecule is CN(C(=O)CCn1cnc2c1c(=O)n(C)c(=O)n2C)C1CC2CCC(C1)N2.Cl. The van der Waals surface area contributed by atoms with Crippen LogP contribution >= 0.6 is 12.4 Å². The van der Waals surface area contributed by atoms with Gasteiger partial charge >= 0.3 is 5.69 Å². The van der Waals surface area contributed by atoms with Gasteiger partial charge in [-0.15, -0.1) is 12.4 Å². The van der Waals surface area contributed by atoms with Crippen molar-refractivity contribution in [2.75, 3.05) is 7.05 Å². The molecule has 28 heavy (non-hydrogen) atoms. The topological polar surface area (TPSA) is 94.2 Å². The molecule has 2 fully saturated rings. The Kier molecular flexibility index (Phi) is 5.67. The number of piperidine rings is 1. The zero-order valence-electron chi connectivity index (χ0n) is 16.4. The van der Waals surface area contributed by atoms with Crippen LogP contribution in [0.25, 0.3) is 11.2 Å². The fourth-order valence-electron chi connectivity index (χ4n) is 4.51. The average molecular weight is 411 g/mol. The van der Waals surface area contributed by atoms with E-state index in [0.717, 1.165) is 17.4 Å². The fourth-order valence-corrected chi connectivity index (χ4v) is 4.51. The normalized spacial score (nSPS) is 23.6. The summed E-state index contributed by atoms with van der Waals surface area (Å²) in [7, 11) is 4.92. The molecular weight excluding hydrogens is 384 g/mol. The number of carbonyl (C=O) groups excluding carboxylic acids is 1. The van der Waals surface area contributed by atoms with Gasteiger partial charge in [0.15, 0.2) is 11.2 Å². The second-order valence-corrected chi connectivity index (χ2v) is 7.83. The first-order chi connectivity index (χ1) is 12.9. The molecule has 4 heterocycles. The number of imidazole rings is 1. The molecule has 2 unspecified atom stereocenters. The van der Waals surface area contributed by atoms with E-state index in [1.54, 1.807) is 11.6 Å². The molecule has 2 atom stereocenters. The lowest BCUT2D eigenvalue weighted by molar-refractivity contribution is -0.132. The van der Waals surface area contributed by atoms with E-state index in [-0.39, 0.29) is 29.9 Å². The van der Waals surface area contributed by atoms with Crippen LogP contribution < -0.4 is 16.6 Å². The molecule has 4 rings (SSSR count). The summed E-state index contributed by atoms with van der Waals surface area (Å²) in [5.74, 6) is 0.0739. The van der Waals surface area contributed by atoms with E-state index < -0.39 is 5.69 Å². The van der Waals surface area contributed by atoms with E-state index >= 15 is 0 Å². The number of hydrogen-bond donors (Lipinski definition) is 1. The second-order valence-electron chi connectivity index (χ2n) is 7.83. The van der Waals surface area contributed by atoms with Gasteiger partial charge in [0, 0.05) is 52.2 Å². The highest BCUT2D eigenvalue weighted by Gasteiger charge is 2.36. The Hall–Kier alpha value is -2.13. The summed E-state index contributed by atoms with van der Waals surface area (Å²) in [4.78, 5) is 43.3. The number of nitrogens with one attached hydrogen (secondary N) is 1. The molecular formula is C18H27ClN6O3. The maximum atomic E-state index is 12.7. The van der Waals surface area contributed by atoms with Gasteiger partial charge in [-0.2, -0.15) is 0 Å². The van der Waals surface area contributed by atoms with Crippen molar-refractivity contribution in [3.8, 4) is 0 Å². The molecule has 2 aromatic heterocycles. The van der Waals surface area contributed by atoms with Crippen molar-refractivity contribution >= 4 is 29.5 Å². The van der Waals surface area contributed by atoms with Crippen LogP contribution in [0.5, 0.6) is 0 Å². The van der Waals surface area contributed by atoms with Crippen LogP contribution in [0.1, 0.15) is 32.1 Å². The number of aryl methyl sites for hydroxylation is 2. The summed E-state index contributed by atoms with van der Waals surface area (Å²) in [6.45, 7) is 0.366. The quantitative estimate of drug-likeness (QED) is 0.764. The number of rotatable bonds is 4. The third kappa shape index (κ3) is 3.37. The average Bonchev–Trinajstić information content (AvgIpc) is 3.24. The lowest BCUT2D eigenvalue weighted by atomic mass is 9.98. The van der Waals surface area contributed by atoms with Gasteiger partial charge in [-0.05, 0) is 25.7 Å². The molecule has 1 amide bonds. The molecule has 0 saturated carbocycles. The monoisotopic (exact) mass is 410 g/mol. The molecule has 0 spiro atoms. The van der Waals surface area contributed by atoms with Crippen molar-refractivity contribution < 1.29 is 4.79 Å². The smallest absolute Gasteiger partial charge is 0.332 e. The summed E-state index contributed by atoms with van der Waals surface area (Å²) in [5.41, 5.74) is -0.0933. The third-order valence-electron chi connectivity index (χ3n) is 6.17. The summed E-state index contributed by atoms with van der Waals surface area (Å²) in [6.07, 6.45) is 6.25. The number of aromatic nitrogens is 4. The Morgan fingerprint density at radius 2 is 1.86 bits per heavy atom. The number of fused-ring (bicyclic) bond motifs is 3. The highest BCUT2D eigenvalue weighted by Crippen LogP contribution is 2.29. The van der Waals surface area contributed by atoms with Crippen LogP contribution in [0.4, 0.5) is 0 Å². The van der Waals surface area contributed by atoms with Crippen molar-refractivity contribution in [3.63, 3.8) is 0 Å². The Morgan fingerprint density at radius 1 is 1.21 bits per heavy atom. The molecule has 2 saturated heterocycles. The van der Waals surface area contributed by atoms with Gasteiger partial charge < -0.3 is 14.8 Å². The van der Waals surface area contributed by atoms with E-state index in [4.69, 9.17) is 0 Å². The number of carbonyl (C=O) groups is 1. The molecule has 2 aromatic rings. The standard InChI is InChI=1S/C18H26N6O3.ClH/c1-21(13-8-11-4-5-12(9-13)20-11)14(25)6-7-24-10-19-16-15(24)17(26)23(3)18(27)22(16)2;/h10-13,20H,4-9H2,1-3H3;1H. The van der Waals surface area contributed by atoms with Gasteiger partial charge in [0.25, 0.3) is 5.56 Å². The van der Waals surface area contributed by atoms with E-state index in [1.165, 1.54) is 30.8 Å². The summed E-state index contributed by atoms with van der Waals surface area (Å²) < 4.78 is 4.10. The lowest BCUT2D eigenvalue weighted by Crippen LogP contribution is -2.48. The van der Waals surface area contributed by atoms with Crippen molar-refractivity contribution in [1.82, 2.24) is 28.9 Å². The highest BCUT2D eigenvalue weighted by molar-refractivity contribution is 5.85. The van der Waals surface area contributed by atoms with Crippen LogP contribution in [0.15, 0.2) is 15.9 Å². The molecule has 154 valence electrons. The first-order valence-corrected chi connectivity index (χ1v) is 9.49. The molecule has 9 nitrogen and oxygen atoms in total. The first-order valence-electron chi connectivity index (χ1n) is 9.49. The molecule has 0 aliphatic carbocycles. The molecule has 1 N–H and O–H groups in total. The summed E-state index contributed by atoms with van der Waals surface area (Å²) >= 11 is 0. The lowest BCUT2D eigenvalue weighted by Gasteiger charge is -2.35. The molecule has 10 heteroatoms. The van der Waals surface area contributed by atoms with Crippen LogP contribution in [-0.2, 0) is 25.4 Å². The van der Waals surface area contributed by atoms with Gasteiger partial charge in [-0.25, -0.2) is 9.78 Å². The summed E-state index contributed by atoms with van der Waals surface area (Å²) in [6, 6.07) is 1.35. The Labute approximate surface area is 168 Å². The zero-order chi connectivity index (χ0) is 19.3. The van der Waals surface area contributed by atoms with E-state index in [1.807, 2.05) is 11.9 Å². The molecule has 2 aliphatic heterocycles. The number of hydrogen-bond acceptors (Lipinski definition) is 5. The second kappa shape index (κ2) is 7.71. The van der Waals surface area contributed by atoms with Gasteiger partial charge in [0.05, 0.1) is 6.33 Å². The largest absolute Gasteiger partial charge is 0.343 e. The Bertz CT molecular complexity index is 997.